The predicted molar refractivity (Wildman–Crippen MR) is 90.3 cm³/mol. The van der Waals surface area contributed by atoms with Crippen molar-refractivity contribution in [2.24, 2.45) is 0 Å². The van der Waals surface area contributed by atoms with Crippen molar-refractivity contribution >= 4 is 0 Å². The molecule has 0 amide bonds. The Balaban J connectivity index is 1.98. The number of rotatable bonds is 4. The van der Waals surface area contributed by atoms with Gasteiger partial charge >= 0.3 is 0 Å². The first-order chi connectivity index (χ1) is 10.9. The maximum absolute atomic E-state index is 5.42. The van der Waals surface area contributed by atoms with E-state index in [4.69, 9.17) is 4.74 Å². The number of methoxy groups -OCH3 is 1. The summed E-state index contributed by atoms with van der Waals surface area (Å²) in [5, 5.41) is 3.49. The van der Waals surface area contributed by atoms with Crippen LogP contribution in [0.5, 0.6) is 5.75 Å². The average Bonchev–Trinajstić information content (AvgIpc) is 2.86. The summed E-state index contributed by atoms with van der Waals surface area (Å²) < 4.78 is 5.42. The molecule has 1 fully saturated rings. The van der Waals surface area contributed by atoms with Crippen molar-refractivity contribution in [1.29, 1.82) is 0 Å². The minimum Gasteiger partial charge on any atom is -0.497 e. The lowest BCUT2D eigenvalue weighted by Gasteiger charge is -2.31. The highest BCUT2D eigenvalue weighted by Crippen LogP contribution is 2.30. The zero-order valence-corrected chi connectivity index (χ0v) is 13.2. The van der Waals surface area contributed by atoms with E-state index in [9.17, 15) is 0 Å². The number of ether oxygens (including phenoxy) is 1. The second-order valence-corrected chi connectivity index (χ2v) is 5.73. The van der Waals surface area contributed by atoms with Gasteiger partial charge in [0.2, 0.25) is 0 Å². The molecule has 0 spiro atoms. The van der Waals surface area contributed by atoms with Gasteiger partial charge in [0.05, 0.1) is 13.2 Å². The molecule has 1 atom stereocenters. The van der Waals surface area contributed by atoms with Gasteiger partial charge in [-0.05, 0) is 36.2 Å². The van der Waals surface area contributed by atoms with Gasteiger partial charge in [0.25, 0.3) is 0 Å². The van der Waals surface area contributed by atoms with Crippen LogP contribution in [0.1, 0.15) is 23.6 Å². The highest BCUT2D eigenvalue weighted by atomic mass is 16.5. The van der Waals surface area contributed by atoms with Gasteiger partial charge in [-0.25, -0.2) is 0 Å². The minimum absolute atomic E-state index is 0.288. The Morgan fingerprint density at radius 2 is 1.77 bits per heavy atom. The Hall–Kier alpha value is -1.84. The number of hydrogen-bond donors (Lipinski definition) is 1. The fourth-order valence-corrected chi connectivity index (χ4v) is 3.19. The van der Waals surface area contributed by atoms with Crippen LogP contribution in [0, 0.1) is 0 Å². The first-order valence-corrected chi connectivity index (χ1v) is 8.02. The van der Waals surface area contributed by atoms with Crippen LogP contribution >= 0.6 is 0 Å². The summed E-state index contributed by atoms with van der Waals surface area (Å²) >= 11 is 0. The third kappa shape index (κ3) is 3.49. The molecule has 22 heavy (non-hydrogen) atoms. The van der Waals surface area contributed by atoms with Crippen LogP contribution in [0.4, 0.5) is 0 Å². The fraction of sp³-hybridized carbons (Fsp3) is 0.368. The van der Waals surface area contributed by atoms with E-state index < -0.39 is 0 Å². The van der Waals surface area contributed by atoms with Gasteiger partial charge in [0, 0.05) is 19.6 Å². The zero-order valence-electron chi connectivity index (χ0n) is 13.2. The molecule has 1 saturated heterocycles. The summed E-state index contributed by atoms with van der Waals surface area (Å²) in [6, 6.07) is 19.5. The van der Waals surface area contributed by atoms with Crippen LogP contribution in [0.2, 0.25) is 0 Å². The molecule has 1 N–H and O–H groups in total. The molecular weight excluding hydrogens is 272 g/mol. The Morgan fingerprint density at radius 1 is 0.955 bits per heavy atom. The highest BCUT2D eigenvalue weighted by molar-refractivity contribution is 5.36. The maximum atomic E-state index is 5.42. The first-order valence-electron chi connectivity index (χ1n) is 8.02. The molecule has 116 valence electrons. The molecule has 0 aromatic heterocycles. The lowest BCUT2D eigenvalue weighted by Crippen LogP contribution is -2.33. The molecular formula is C19H24N2O. The van der Waals surface area contributed by atoms with Crippen LogP contribution < -0.4 is 10.1 Å². The summed E-state index contributed by atoms with van der Waals surface area (Å²) in [6.07, 6.45) is 1.19. The van der Waals surface area contributed by atoms with E-state index in [1.165, 1.54) is 17.5 Å². The molecule has 0 aliphatic carbocycles. The summed E-state index contributed by atoms with van der Waals surface area (Å²) in [5.74, 6) is 0.923. The normalized spacial score (nSPS) is 17.7. The summed E-state index contributed by atoms with van der Waals surface area (Å²) in [5.41, 5.74) is 2.64. The molecule has 1 heterocycles. The van der Waals surface area contributed by atoms with Crippen molar-refractivity contribution in [3.05, 3.63) is 65.7 Å². The fourth-order valence-electron chi connectivity index (χ4n) is 3.19. The van der Waals surface area contributed by atoms with Crippen LogP contribution in [0.15, 0.2) is 54.6 Å². The van der Waals surface area contributed by atoms with E-state index in [-0.39, 0.29) is 6.04 Å². The van der Waals surface area contributed by atoms with Crippen molar-refractivity contribution in [3.8, 4) is 5.75 Å². The molecule has 0 saturated carbocycles. The molecule has 3 rings (SSSR count). The minimum atomic E-state index is 0.288. The summed E-state index contributed by atoms with van der Waals surface area (Å²) in [7, 11) is 1.73. The Bertz CT molecular complexity index is 577. The molecule has 0 radical (unpaired) electrons. The highest BCUT2D eigenvalue weighted by Gasteiger charge is 2.23. The molecule has 3 heteroatoms. The van der Waals surface area contributed by atoms with Crippen molar-refractivity contribution < 1.29 is 4.74 Å². The van der Waals surface area contributed by atoms with Gasteiger partial charge in [0.1, 0.15) is 5.75 Å². The molecule has 1 aliphatic heterocycles. The van der Waals surface area contributed by atoms with Crippen molar-refractivity contribution in [3.63, 3.8) is 0 Å². The van der Waals surface area contributed by atoms with E-state index in [2.05, 4.69) is 58.7 Å². The molecule has 2 aromatic carbocycles. The molecule has 3 nitrogen and oxygen atoms in total. The quantitative estimate of drug-likeness (QED) is 0.938. The number of nitrogens with zero attached hydrogens (tertiary/aromatic N) is 1. The first kappa shape index (κ1) is 15.1. The Kier molecular flexibility index (Phi) is 5.09. The predicted octanol–water partition coefficient (Wildman–Crippen LogP) is 3.08. The topological polar surface area (TPSA) is 24.5 Å². The monoisotopic (exact) mass is 296 g/mol. The number of nitrogens with one attached hydrogen (secondary N) is 1. The second kappa shape index (κ2) is 7.43. The van der Waals surface area contributed by atoms with Crippen molar-refractivity contribution in [2.45, 2.75) is 12.5 Å². The van der Waals surface area contributed by atoms with E-state index in [1.54, 1.807) is 7.11 Å². The van der Waals surface area contributed by atoms with Gasteiger partial charge in [-0.3, -0.25) is 4.90 Å². The van der Waals surface area contributed by atoms with Gasteiger partial charge < -0.3 is 10.1 Å². The Morgan fingerprint density at radius 3 is 2.59 bits per heavy atom. The molecule has 1 aliphatic rings. The van der Waals surface area contributed by atoms with Gasteiger partial charge in [-0.2, -0.15) is 0 Å². The third-order valence-corrected chi connectivity index (χ3v) is 4.26. The molecule has 0 bridgehead atoms. The number of benzene rings is 2. The SMILES string of the molecule is COc1cccc(C(c2ccccc2)N2CCCNCC2)c1. The van der Waals surface area contributed by atoms with Crippen molar-refractivity contribution in [1.82, 2.24) is 10.2 Å². The third-order valence-electron chi connectivity index (χ3n) is 4.26. The van der Waals surface area contributed by atoms with Crippen LogP contribution in [-0.2, 0) is 0 Å². The largest absolute Gasteiger partial charge is 0.497 e. The Labute approximate surface area is 132 Å². The van der Waals surface area contributed by atoms with Crippen LogP contribution in [0.3, 0.4) is 0 Å². The zero-order chi connectivity index (χ0) is 15.2. The van der Waals surface area contributed by atoms with Crippen LogP contribution in [0.25, 0.3) is 0 Å². The van der Waals surface area contributed by atoms with E-state index in [1.807, 2.05) is 6.07 Å². The van der Waals surface area contributed by atoms with Gasteiger partial charge in [-0.15, -0.1) is 0 Å². The standard InChI is InChI=1S/C19H24N2O/c1-22-18-10-5-9-17(15-18)19(16-7-3-2-4-8-16)21-13-6-11-20-12-14-21/h2-5,7-10,15,19-20H,6,11-14H2,1H3. The number of hydrogen-bond acceptors (Lipinski definition) is 3. The lowest BCUT2D eigenvalue weighted by atomic mass is 9.96. The van der Waals surface area contributed by atoms with Gasteiger partial charge in [0.15, 0.2) is 0 Å². The second-order valence-electron chi connectivity index (χ2n) is 5.73. The van der Waals surface area contributed by atoms with E-state index in [0.29, 0.717) is 0 Å². The maximum Gasteiger partial charge on any atom is 0.119 e. The summed E-state index contributed by atoms with van der Waals surface area (Å²) in [4.78, 5) is 2.57. The lowest BCUT2D eigenvalue weighted by molar-refractivity contribution is 0.240. The van der Waals surface area contributed by atoms with E-state index in [0.717, 1.165) is 31.9 Å². The smallest absolute Gasteiger partial charge is 0.119 e. The van der Waals surface area contributed by atoms with Crippen molar-refractivity contribution in [2.75, 3.05) is 33.3 Å². The molecule has 2 aromatic rings. The van der Waals surface area contributed by atoms with E-state index >= 15 is 0 Å². The summed E-state index contributed by atoms with van der Waals surface area (Å²) in [6.45, 7) is 4.34. The average molecular weight is 296 g/mol. The van der Waals surface area contributed by atoms with Gasteiger partial charge in [-0.1, -0.05) is 42.5 Å². The van der Waals surface area contributed by atoms with Crippen LogP contribution in [-0.4, -0.2) is 38.2 Å². The molecule has 1 unspecified atom stereocenters.